The van der Waals surface area contributed by atoms with Crippen molar-refractivity contribution < 1.29 is 9.90 Å². The zero-order valence-electron chi connectivity index (χ0n) is 10.8. The summed E-state index contributed by atoms with van der Waals surface area (Å²) in [6, 6.07) is 2.02. The molecule has 17 heavy (non-hydrogen) atoms. The van der Waals surface area contributed by atoms with Gasteiger partial charge in [0, 0.05) is 17.9 Å². The second-order valence-corrected chi connectivity index (χ2v) is 4.85. The minimum Gasteiger partial charge on any atom is -0.478 e. The number of rotatable bonds is 5. The number of hydrogen-bond acceptors (Lipinski definition) is 3. The number of nitrogens with zero attached hydrogens (tertiary/aromatic N) is 1. The highest BCUT2D eigenvalue weighted by Gasteiger charge is 2.13. The fourth-order valence-corrected chi connectivity index (χ4v) is 1.88. The van der Waals surface area contributed by atoms with Crippen LogP contribution in [0, 0.1) is 12.8 Å². The SMILES string of the molecule is Cc1cc(NC(C)CC(C)C)c(C(=O)O)cn1. The first-order valence-corrected chi connectivity index (χ1v) is 5.86. The number of carboxylic acids is 1. The van der Waals surface area contributed by atoms with Gasteiger partial charge < -0.3 is 10.4 Å². The molecule has 4 nitrogen and oxygen atoms in total. The molecule has 0 aliphatic rings. The maximum atomic E-state index is 11.1. The van der Waals surface area contributed by atoms with E-state index in [4.69, 9.17) is 5.11 Å². The van der Waals surface area contributed by atoms with E-state index in [2.05, 4.69) is 31.1 Å². The summed E-state index contributed by atoms with van der Waals surface area (Å²) >= 11 is 0. The predicted molar refractivity (Wildman–Crippen MR) is 68.5 cm³/mol. The number of carboxylic acid groups (broad SMARTS) is 1. The highest BCUT2D eigenvalue weighted by Crippen LogP contribution is 2.18. The molecule has 1 atom stereocenters. The van der Waals surface area contributed by atoms with E-state index in [0.717, 1.165) is 12.1 Å². The Morgan fingerprint density at radius 1 is 1.47 bits per heavy atom. The van der Waals surface area contributed by atoms with Crippen LogP contribution in [0.3, 0.4) is 0 Å². The average Bonchev–Trinajstić information content (AvgIpc) is 2.15. The van der Waals surface area contributed by atoms with Crippen LogP contribution in [0.25, 0.3) is 0 Å². The number of aromatic carboxylic acids is 1. The van der Waals surface area contributed by atoms with E-state index in [-0.39, 0.29) is 11.6 Å². The van der Waals surface area contributed by atoms with Gasteiger partial charge >= 0.3 is 5.97 Å². The van der Waals surface area contributed by atoms with E-state index in [1.54, 1.807) is 6.07 Å². The largest absolute Gasteiger partial charge is 0.478 e. The van der Waals surface area contributed by atoms with E-state index in [0.29, 0.717) is 11.6 Å². The maximum absolute atomic E-state index is 11.1. The van der Waals surface area contributed by atoms with Gasteiger partial charge in [0.1, 0.15) is 5.56 Å². The summed E-state index contributed by atoms with van der Waals surface area (Å²) in [5.41, 5.74) is 1.69. The Balaban J connectivity index is 2.88. The zero-order valence-corrected chi connectivity index (χ0v) is 10.8. The van der Waals surface area contributed by atoms with Crippen molar-refractivity contribution in [1.82, 2.24) is 4.98 Å². The summed E-state index contributed by atoms with van der Waals surface area (Å²) < 4.78 is 0. The van der Waals surface area contributed by atoms with Crippen molar-refractivity contribution in [2.24, 2.45) is 5.92 Å². The van der Waals surface area contributed by atoms with Crippen molar-refractivity contribution in [3.63, 3.8) is 0 Å². The molecule has 0 aliphatic heterocycles. The molecule has 0 spiro atoms. The van der Waals surface area contributed by atoms with Crippen molar-refractivity contribution in [2.45, 2.75) is 40.2 Å². The Morgan fingerprint density at radius 2 is 2.12 bits per heavy atom. The molecule has 0 bridgehead atoms. The number of aromatic nitrogens is 1. The Kier molecular flexibility index (Phi) is 4.49. The zero-order chi connectivity index (χ0) is 13.0. The van der Waals surface area contributed by atoms with E-state index >= 15 is 0 Å². The molecule has 1 rings (SSSR count). The van der Waals surface area contributed by atoms with E-state index < -0.39 is 5.97 Å². The molecule has 1 aromatic heterocycles. The van der Waals surface area contributed by atoms with Crippen LogP contribution in [-0.2, 0) is 0 Å². The lowest BCUT2D eigenvalue weighted by Crippen LogP contribution is -2.19. The molecule has 1 aromatic rings. The topological polar surface area (TPSA) is 62.2 Å². The summed E-state index contributed by atoms with van der Waals surface area (Å²) in [4.78, 5) is 15.1. The first-order chi connectivity index (χ1) is 7.90. The lowest BCUT2D eigenvalue weighted by Gasteiger charge is -2.18. The van der Waals surface area contributed by atoms with Crippen molar-refractivity contribution in [2.75, 3.05) is 5.32 Å². The molecule has 0 amide bonds. The summed E-state index contributed by atoms with van der Waals surface area (Å²) in [6.07, 6.45) is 2.41. The summed E-state index contributed by atoms with van der Waals surface area (Å²) in [5, 5.41) is 12.3. The number of carbonyl (C=O) groups is 1. The van der Waals surface area contributed by atoms with Gasteiger partial charge in [0.2, 0.25) is 0 Å². The normalized spacial score (nSPS) is 12.5. The van der Waals surface area contributed by atoms with Crippen LogP contribution in [0.15, 0.2) is 12.3 Å². The predicted octanol–water partition coefficient (Wildman–Crippen LogP) is 2.93. The number of aryl methyl sites for hydroxylation is 1. The van der Waals surface area contributed by atoms with Crippen molar-refractivity contribution in [3.05, 3.63) is 23.5 Å². The van der Waals surface area contributed by atoms with Crippen LogP contribution in [0.2, 0.25) is 0 Å². The molecule has 0 radical (unpaired) electrons. The van der Waals surface area contributed by atoms with E-state index in [9.17, 15) is 4.79 Å². The van der Waals surface area contributed by atoms with Crippen LogP contribution < -0.4 is 5.32 Å². The van der Waals surface area contributed by atoms with Gasteiger partial charge in [-0.05, 0) is 32.3 Å². The number of pyridine rings is 1. The molecule has 1 unspecified atom stereocenters. The molecule has 0 fully saturated rings. The molecule has 4 heteroatoms. The lowest BCUT2D eigenvalue weighted by atomic mass is 10.0. The molecule has 1 heterocycles. The Bertz CT molecular complexity index is 402. The first-order valence-electron chi connectivity index (χ1n) is 5.86. The van der Waals surface area contributed by atoms with Gasteiger partial charge in [-0.15, -0.1) is 0 Å². The number of anilines is 1. The van der Waals surface area contributed by atoms with Gasteiger partial charge in [-0.1, -0.05) is 13.8 Å². The monoisotopic (exact) mass is 236 g/mol. The number of hydrogen-bond donors (Lipinski definition) is 2. The number of nitrogens with one attached hydrogen (secondary N) is 1. The molecule has 2 N–H and O–H groups in total. The molecular weight excluding hydrogens is 216 g/mol. The molecule has 0 saturated heterocycles. The fraction of sp³-hybridized carbons (Fsp3) is 0.538. The molecule has 0 saturated carbocycles. The van der Waals surface area contributed by atoms with Gasteiger partial charge in [0.25, 0.3) is 0 Å². The highest BCUT2D eigenvalue weighted by molar-refractivity contribution is 5.93. The van der Waals surface area contributed by atoms with Gasteiger partial charge in [-0.2, -0.15) is 0 Å². The van der Waals surface area contributed by atoms with Crippen molar-refractivity contribution in [1.29, 1.82) is 0 Å². The lowest BCUT2D eigenvalue weighted by molar-refractivity contribution is 0.0697. The molecule has 94 valence electrons. The summed E-state index contributed by atoms with van der Waals surface area (Å²) in [6.45, 7) is 8.20. The second-order valence-electron chi connectivity index (χ2n) is 4.85. The van der Waals surface area contributed by atoms with Gasteiger partial charge in [-0.25, -0.2) is 4.79 Å². The van der Waals surface area contributed by atoms with E-state index in [1.807, 2.05) is 6.92 Å². The standard InChI is InChI=1S/C13H20N2O2/c1-8(2)5-10(4)15-12-6-9(3)14-7-11(12)13(16)17/h6-8,10H,5H2,1-4H3,(H,14,15)(H,16,17). The molecular formula is C13H20N2O2. The summed E-state index contributed by atoms with van der Waals surface area (Å²) in [5.74, 6) is -0.370. The molecule has 0 aromatic carbocycles. The van der Waals surface area contributed by atoms with Crippen LogP contribution in [0.5, 0.6) is 0 Å². The highest BCUT2D eigenvalue weighted by atomic mass is 16.4. The quantitative estimate of drug-likeness (QED) is 0.825. The third-order valence-corrected chi connectivity index (χ3v) is 2.50. The van der Waals surface area contributed by atoms with Gasteiger partial charge in [0.15, 0.2) is 0 Å². The maximum Gasteiger partial charge on any atom is 0.339 e. The smallest absolute Gasteiger partial charge is 0.339 e. The van der Waals surface area contributed by atoms with Gasteiger partial charge in [-0.3, -0.25) is 4.98 Å². The Morgan fingerprint density at radius 3 is 2.65 bits per heavy atom. The van der Waals surface area contributed by atoms with E-state index in [1.165, 1.54) is 6.20 Å². The van der Waals surface area contributed by atoms with Crippen molar-refractivity contribution >= 4 is 11.7 Å². The minimum atomic E-state index is -0.947. The Hall–Kier alpha value is -1.58. The first kappa shape index (κ1) is 13.5. The second kappa shape index (κ2) is 5.66. The van der Waals surface area contributed by atoms with Crippen LogP contribution in [0.1, 0.15) is 43.2 Å². The summed E-state index contributed by atoms with van der Waals surface area (Å²) in [7, 11) is 0. The van der Waals surface area contributed by atoms with Crippen LogP contribution >= 0.6 is 0 Å². The average molecular weight is 236 g/mol. The third-order valence-electron chi connectivity index (χ3n) is 2.50. The van der Waals surface area contributed by atoms with Gasteiger partial charge in [0.05, 0.1) is 5.69 Å². The van der Waals surface area contributed by atoms with Crippen LogP contribution in [-0.4, -0.2) is 22.1 Å². The van der Waals surface area contributed by atoms with Crippen LogP contribution in [0.4, 0.5) is 5.69 Å². The third kappa shape index (κ3) is 4.06. The molecule has 0 aliphatic carbocycles. The Labute approximate surface area is 102 Å². The fourth-order valence-electron chi connectivity index (χ4n) is 1.88. The van der Waals surface area contributed by atoms with Crippen molar-refractivity contribution in [3.8, 4) is 0 Å². The minimum absolute atomic E-state index is 0.228.